The summed E-state index contributed by atoms with van der Waals surface area (Å²) < 4.78 is 13.8. The number of rotatable bonds is 1. The zero-order chi connectivity index (χ0) is 19.2. The molecular formula is C21H26FN3O2. The molecule has 2 atom stereocenters. The van der Waals surface area contributed by atoms with E-state index in [4.69, 9.17) is 0 Å². The molecule has 0 bridgehead atoms. The van der Waals surface area contributed by atoms with Crippen molar-refractivity contribution in [2.24, 2.45) is 5.41 Å². The number of carbonyl (C=O) groups excluding carboxylic acids is 1. The second-order valence-corrected chi connectivity index (χ2v) is 8.21. The molecule has 6 heteroatoms. The molecule has 1 aromatic heterocycles. The van der Waals surface area contributed by atoms with Gasteiger partial charge in [0, 0.05) is 42.7 Å². The Labute approximate surface area is 158 Å². The highest BCUT2D eigenvalue weighted by molar-refractivity contribution is 6.06. The average molecular weight is 371 g/mol. The summed E-state index contributed by atoms with van der Waals surface area (Å²) in [5, 5.41) is 11.2. The fourth-order valence-corrected chi connectivity index (χ4v) is 4.78. The normalized spacial score (nSPS) is 26.7. The zero-order valence-corrected chi connectivity index (χ0v) is 15.9. The summed E-state index contributed by atoms with van der Waals surface area (Å²) in [5.74, 6) is -0.475. The summed E-state index contributed by atoms with van der Waals surface area (Å²) in [6.07, 6.45) is 2.14. The third-order valence-corrected chi connectivity index (χ3v) is 6.10. The summed E-state index contributed by atoms with van der Waals surface area (Å²) in [7, 11) is 2.07. The first-order valence-electron chi connectivity index (χ1n) is 9.61. The van der Waals surface area contributed by atoms with Gasteiger partial charge in [0.2, 0.25) is 0 Å². The van der Waals surface area contributed by atoms with Crippen LogP contribution in [0.25, 0.3) is 10.9 Å². The quantitative estimate of drug-likeness (QED) is 0.837. The Morgan fingerprint density at radius 3 is 2.93 bits per heavy atom. The number of aliphatic hydroxyl groups excluding tert-OH is 1. The molecule has 2 saturated heterocycles. The van der Waals surface area contributed by atoms with Gasteiger partial charge in [-0.15, -0.1) is 0 Å². The van der Waals surface area contributed by atoms with Gasteiger partial charge in [-0.25, -0.2) is 4.39 Å². The first kappa shape index (κ1) is 18.3. The number of carbonyl (C=O) groups is 1. The van der Waals surface area contributed by atoms with Crippen LogP contribution in [0, 0.1) is 18.2 Å². The van der Waals surface area contributed by atoms with Crippen LogP contribution in [0.4, 0.5) is 4.39 Å². The summed E-state index contributed by atoms with van der Waals surface area (Å²) in [5.41, 5.74) is 1.59. The molecule has 4 rings (SSSR count). The first-order valence-corrected chi connectivity index (χ1v) is 9.61. The Morgan fingerprint density at radius 1 is 1.30 bits per heavy atom. The van der Waals surface area contributed by atoms with Gasteiger partial charge in [0.1, 0.15) is 5.82 Å². The van der Waals surface area contributed by atoms with Crippen LogP contribution >= 0.6 is 0 Å². The minimum atomic E-state index is -0.391. The van der Waals surface area contributed by atoms with Gasteiger partial charge in [-0.1, -0.05) is 0 Å². The smallest absolute Gasteiger partial charge is 0.254 e. The van der Waals surface area contributed by atoms with Crippen LogP contribution in [0.15, 0.2) is 24.3 Å². The van der Waals surface area contributed by atoms with Crippen molar-refractivity contribution in [2.45, 2.75) is 32.3 Å². The molecule has 1 amide bonds. The van der Waals surface area contributed by atoms with Crippen LogP contribution in [0.1, 0.15) is 35.3 Å². The number of pyridine rings is 1. The van der Waals surface area contributed by atoms with E-state index in [1.54, 1.807) is 12.1 Å². The maximum Gasteiger partial charge on any atom is 0.254 e. The molecule has 2 aliphatic heterocycles. The Morgan fingerprint density at radius 2 is 2.11 bits per heavy atom. The second-order valence-electron chi connectivity index (χ2n) is 8.21. The van der Waals surface area contributed by atoms with E-state index in [9.17, 15) is 14.3 Å². The molecule has 0 unspecified atom stereocenters. The average Bonchev–Trinajstić information content (AvgIpc) is 2.64. The predicted octanol–water partition coefficient (Wildman–Crippen LogP) is 2.60. The van der Waals surface area contributed by atoms with Gasteiger partial charge in [0.15, 0.2) is 0 Å². The van der Waals surface area contributed by atoms with Crippen molar-refractivity contribution in [2.75, 3.05) is 33.2 Å². The predicted molar refractivity (Wildman–Crippen MR) is 102 cm³/mol. The van der Waals surface area contributed by atoms with E-state index in [1.807, 2.05) is 11.8 Å². The molecule has 0 aliphatic carbocycles. The number of hydrogen-bond donors (Lipinski definition) is 1. The van der Waals surface area contributed by atoms with Gasteiger partial charge in [-0.05, 0) is 57.5 Å². The van der Waals surface area contributed by atoms with Crippen molar-refractivity contribution in [3.8, 4) is 0 Å². The Bertz CT molecular complexity index is 887. The van der Waals surface area contributed by atoms with Crippen LogP contribution in [0.2, 0.25) is 0 Å². The zero-order valence-electron chi connectivity index (χ0n) is 15.9. The molecule has 1 aromatic carbocycles. The maximum absolute atomic E-state index is 13.8. The Hall–Kier alpha value is -2.05. The third-order valence-electron chi connectivity index (χ3n) is 6.10. The number of benzene rings is 1. The Balaban J connectivity index is 1.69. The maximum atomic E-state index is 13.8. The van der Waals surface area contributed by atoms with E-state index in [0.29, 0.717) is 29.6 Å². The lowest BCUT2D eigenvalue weighted by Crippen LogP contribution is -2.59. The van der Waals surface area contributed by atoms with E-state index in [2.05, 4.69) is 16.9 Å². The lowest BCUT2D eigenvalue weighted by atomic mass is 9.71. The van der Waals surface area contributed by atoms with Crippen molar-refractivity contribution in [3.05, 3.63) is 41.3 Å². The van der Waals surface area contributed by atoms with E-state index < -0.39 is 6.10 Å². The Kier molecular flexibility index (Phi) is 4.64. The van der Waals surface area contributed by atoms with Gasteiger partial charge < -0.3 is 14.9 Å². The molecular weight excluding hydrogens is 345 g/mol. The van der Waals surface area contributed by atoms with Crippen molar-refractivity contribution >= 4 is 16.8 Å². The number of aromatic nitrogens is 1. The van der Waals surface area contributed by atoms with E-state index in [0.717, 1.165) is 38.0 Å². The minimum absolute atomic E-state index is 0.101. The lowest BCUT2D eigenvalue weighted by Gasteiger charge is -2.50. The third kappa shape index (κ3) is 3.32. The number of piperidine rings is 2. The van der Waals surface area contributed by atoms with Gasteiger partial charge in [0.25, 0.3) is 5.91 Å². The lowest BCUT2D eigenvalue weighted by molar-refractivity contribution is -0.0730. The molecule has 0 saturated carbocycles. The number of fused-ring (bicyclic) bond motifs is 1. The fraction of sp³-hybridized carbons (Fsp3) is 0.524. The highest BCUT2D eigenvalue weighted by Gasteiger charge is 2.45. The highest BCUT2D eigenvalue weighted by atomic mass is 19.1. The van der Waals surface area contributed by atoms with Crippen LogP contribution in [0.3, 0.4) is 0 Å². The number of aryl methyl sites for hydroxylation is 1. The first-order chi connectivity index (χ1) is 12.9. The molecule has 27 heavy (non-hydrogen) atoms. The molecule has 5 nitrogen and oxygen atoms in total. The number of nitrogens with zero attached hydrogens (tertiary/aromatic N) is 3. The van der Waals surface area contributed by atoms with Gasteiger partial charge in [-0.3, -0.25) is 9.78 Å². The number of likely N-dealkylation sites (tertiary alicyclic amines) is 2. The monoisotopic (exact) mass is 371 g/mol. The van der Waals surface area contributed by atoms with Crippen LogP contribution < -0.4 is 0 Å². The van der Waals surface area contributed by atoms with Crippen molar-refractivity contribution in [1.82, 2.24) is 14.8 Å². The van der Waals surface area contributed by atoms with Crippen LogP contribution in [-0.4, -0.2) is 65.1 Å². The van der Waals surface area contributed by atoms with E-state index in [-0.39, 0.29) is 17.1 Å². The molecule has 3 heterocycles. The molecule has 0 radical (unpaired) electrons. The number of amides is 1. The molecule has 1 spiro atoms. The van der Waals surface area contributed by atoms with Crippen molar-refractivity contribution in [3.63, 3.8) is 0 Å². The van der Waals surface area contributed by atoms with Gasteiger partial charge in [-0.2, -0.15) is 0 Å². The summed E-state index contributed by atoms with van der Waals surface area (Å²) in [6, 6.07) is 6.12. The largest absolute Gasteiger partial charge is 0.392 e. The fourth-order valence-electron chi connectivity index (χ4n) is 4.78. The molecule has 2 aromatic rings. The standard InChI is InChI=1S/C21H26FN3O2/c1-14-10-17(16-11-15(22)4-5-18(16)23-14)20(27)25-8-3-7-21(13-25)12-24(2)9-6-19(21)26/h4-5,10-11,19,26H,3,6-9,12-13H2,1-2H3/t19-,21-/m0/s1. The SMILES string of the molecule is Cc1cc(C(=O)N2CCC[C@]3(CN(C)CC[C@@H]3O)C2)c2cc(F)ccc2n1. The number of halogens is 1. The second kappa shape index (κ2) is 6.84. The van der Waals surface area contributed by atoms with Crippen LogP contribution in [0.5, 0.6) is 0 Å². The van der Waals surface area contributed by atoms with Gasteiger partial charge in [0.05, 0.1) is 17.2 Å². The minimum Gasteiger partial charge on any atom is -0.392 e. The summed E-state index contributed by atoms with van der Waals surface area (Å²) in [6.45, 7) is 4.72. The molecule has 144 valence electrons. The molecule has 2 aliphatic rings. The summed E-state index contributed by atoms with van der Waals surface area (Å²) >= 11 is 0. The van der Waals surface area contributed by atoms with Crippen molar-refractivity contribution < 1.29 is 14.3 Å². The van der Waals surface area contributed by atoms with E-state index in [1.165, 1.54) is 12.1 Å². The molecule has 2 fully saturated rings. The van der Waals surface area contributed by atoms with E-state index >= 15 is 0 Å². The van der Waals surface area contributed by atoms with Gasteiger partial charge >= 0.3 is 0 Å². The van der Waals surface area contributed by atoms with Crippen molar-refractivity contribution in [1.29, 1.82) is 0 Å². The molecule has 1 N–H and O–H groups in total. The number of hydrogen-bond acceptors (Lipinski definition) is 4. The highest BCUT2D eigenvalue weighted by Crippen LogP contribution is 2.39. The summed E-state index contributed by atoms with van der Waals surface area (Å²) in [4.78, 5) is 21.9. The topological polar surface area (TPSA) is 56.7 Å². The number of aliphatic hydroxyl groups is 1. The van der Waals surface area contributed by atoms with Crippen LogP contribution in [-0.2, 0) is 0 Å².